The highest BCUT2D eigenvalue weighted by atomic mass is 15.4. The maximum Gasteiger partial charge on any atom is 0.0590 e. The maximum atomic E-state index is 4.63. The molecule has 0 fully saturated rings. The summed E-state index contributed by atoms with van der Waals surface area (Å²) >= 11 is 0. The summed E-state index contributed by atoms with van der Waals surface area (Å²) in [6, 6.07) is 34.3. The van der Waals surface area contributed by atoms with E-state index in [0.717, 1.165) is 34.7 Å². The first kappa shape index (κ1) is 22.3. The zero-order chi connectivity index (χ0) is 23.2. The van der Waals surface area contributed by atoms with E-state index < -0.39 is 0 Å². The first-order valence-electron chi connectivity index (χ1n) is 11.4. The molecule has 0 aliphatic rings. The Hall–Kier alpha value is -3.85. The highest BCUT2D eigenvalue weighted by molar-refractivity contribution is 5.83. The number of anilines is 4. The van der Waals surface area contributed by atoms with Crippen molar-refractivity contribution in [2.75, 3.05) is 17.0 Å². The van der Waals surface area contributed by atoms with Gasteiger partial charge in [0.15, 0.2) is 0 Å². The summed E-state index contributed by atoms with van der Waals surface area (Å²) in [6.07, 6.45) is 2.95. The molecule has 0 N–H and O–H groups in total. The summed E-state index contributed by atoms with van der Waals surface area (Å²) in [5.74, 6) is 0. The highest BCUT2D eigenvalue weighted by Gasteiger charge is 2.12. The first-order valence-corrected chi connectivity index (χ1v) is 11.4. The van der Waals surface area contributed by atoms with E-state index in [2.05, 4.69) is 128 Å². The molecule has 3 heteroatoms. The van der Waals surface area contributed by atoms with Crippen LogP contribution in [0.2, 0.25) is 0 Å². The summed E-state index contributed by atoms with van der Waals surface area (Å²) < 4.78 is 0. The normalized spacial score (nSPS) is 11.0. The van der Waals surface area contributed by atoms with Gasteiger partial charge in [0.2, 0.25) is 0 Å². The van der Waals surface area contributed by atoms with Crippen molar-refractivity contribution in [1.82, 2.24) is 0 Å². The van der Waals surface area contributed by atoms with Gasteiger partial charge in [-0.3, -0.25) is 5.01 Å². The van der Waals surface area contributed by atoms with E-state index in [4.69, 9.17) is 0 Å². The first-order chi connectivity index (χ1) is 16.0. The molecule has 33 heavy (non-hydrogen) atoms. The smallest absolute Gasteiger partial charge is 0.0590 e. The van der Waals surface area contributed by atoms with Crippen LogP contribution in [0.3, 0.4) is 0 Å². The van der Waals surface area contributed by atoms with Gasteiger partial charge >= 0.3 is 0 Å². The van der Waals surface area contributed by atoms with Crippen LogP contribution in [-0.2, 0) is 6.42 Å². The fourth-order valence-electron chi connectivity index (χ4n) is 3.71. The molecule has 0 heterocycles. The lowest BCUT2D eigenvalue weighted by molar-refractivity contribution is 1.02. The summed E-state index contributed by atoms with van der Waals surface area (Å²) in [7, 11) is 1.97. The molecular formula is C30H31N3. The number of aryl methyl sites for hydroxylation is 3. The van der Waals surface area contributed by atoms with E-state index in [-0.39, 0.29) is 0 Å². The molecular weight excluding hydrogens is 402 g/mol. The van der Waals surface area contributed by atoms with Gasteiger partial charge in [-0.2, -0.15) is 5.10 Å². The lowest BCUT2D eigenvalue weighted by atomic mass is 10.1. The topological polar surface area (TPSA) is 18.8 Å². The van der Waals surface area contributed by atoms with Crippen LogP contribution in [0.4, 0.5) is 22.7 Å². The Morgan fingerprint density at radius 1 is 0.606 bits per heavy atom. The molecule has 0 saturated carbocycles. The Kier molecular flexibility index (Phi) is 6.89. The van der Waals surface area contributed by atoms with Crippen molar-refractivity contribution in [3.63, 3.8) is 0 Å². The Labute approximate surface area is 197 Å². The van der Waals surface area contributed by atoms with Gasteiger partial charge in [0.1, 0.15) is 0 Å². The van der Waals surface area contributed by atoms with Crippen molar-refractivity contribution in [2.45, 2.75) is 27.2 Å². The van der Waals surface area contributed by atoms with Gasteiger partial charge in [-0.25, -0.2) is 0 Å². The summed E-state index contributed by atoms with van der Waals surface area (Å²) in [5.41, 5.74) is 9.36. The van der Waals surface area contributed by atoms with E-state index in [1.165, 1.54) is 16.7 Å². The third-order valence-corrected chi connectivity index (χ3v) is 5.83. The summed E-state index contributed by atoms with van der Waals surface area (Å²) in [5, 5.41) is 6.53. The molecule has 3 nitrogen and oxygen atoms in total. The van der Waals surface area contributed by atoms with Crippen LogP contribution in [0.1, 0.15) is 29.2 Å². The Balaban J connectivity index is 1.57. The Morgan fingerprint density at radius 3 is 1.48 bits per heavy atom. The second-order valence-corrected chi connectivity index (χ2v) is 8.39. The molecule has 0 aliphatic heterocycles. The van der Waals surface area contributed by atoms with Crippen LogP contribution >= 0.6 is 0 Å². The van der Waals surface area contributed by atoms with Crippen LogP contribution in [0.15, 0.2) is 102 Å². The number of hydrazone groups is 1. The minimum atomic E-state index is 1.04. The van der Waals surface area contributed by atoms with Gasteiger partial charge < -0.3 is 4.90 Å². The fraction of sp³-hybridized carbons (Fsp3) is 0.167. The molecule has 0 spiro atoms. The van der Waals surface area contributed by atoms with Crippen LogP contribution < -0.4 is 9.91 Å². The molecule has 0 bridgehead atoms. The summed E-state index contributed by atoms with van der Waals surface area (Å²) in [6.45, 7) is 6.39. The highest BCUT2D eigenvalue weighted by Crippen LogP contribution is 2.34. The maximum absolute atomic E-state index is 4.63. The SMILES string of the molecule is CCc1ccc(N(C)N=Cc2ccc(N(c3ccc(C)cc3)c3ccc(C)cc3)cc2)cc1. The van der Waals surface area contributed by atoms with E-state index in [1.807, 2.05) is 18.3 Å². The molecule has 0 atom stereocenters. The van der Waals surface area contributed by atoms with E-state index >= 15 is 0 Å². The van der Waals surface area contributed by atoms with Gasteiger partial charge in [-0.05, 0) is 79.9 Å². The molecule has 4 rings (SSSR count). The third-order valence-electron chi connectivity index (χ3n) is 5.83. The van der Waals surface area contributed by atoms with E-state index in [1.54, 1.807) is 0 Å². The van der Waals surface area contributed by atoms with E-state index in [9.17, 15) is 0 Å². The molecule has 0 aliphatic carbocycles. The Bertz CT molecular complexity index is 1140. The van der Waals surface area contributed by atoms with Gasteiger partial charge in [-0.15, -0.1) is 0 Å². The fourth-order valence-corrected chi connectivity index (χ4v) is 3.71. The predicted octanol–water partition coefficient (Wildman–Crippen LogP) is 7.81. The largest absolute Gasteiger partial charge is 0.311 e. The zero-order valence-corrected chi connectivity index (χ0v) is 19.9. The second-order valence-electron chi connectivity index (χ2n) is 8.39. The monoisotopic (exact) mass is 433 g/mol. The lowest BCUT2D eigenvalue weighted by Crippen LogP contribution is -2.10. The quantitative estimate of drug-likeness (QED) is 0.219. The average molecular weight is 434 g/mol. The van der Waals surface area contributed by atoms with Crippen LogP contribution in [-0.4, -0.2) is 13.3 Å². The standard InChI is InChI=1S/C30H31N3/c1-5-25-10-18-27(19-11-25)32(4)31-22-26-12-20-30(21-13-26)33(28-14-6-23(2)7-15-28)29-16-8-24(3)9-17-29/h6-22H,5H2,1-4H3. The number of rotatable bonds is 7. The number of benzene rings is 4. The number of hydrogen-bond donors (Lipinski definition) is 0. The van der Waals surface area contributed by atoms with Crippen molar-refractivity contribution in [1.29, 1.82) is 0 Å². The number of nitrogens with zero attached hydrogens (tertiary/aromatic N) is 3. The third kappa shape index (κ3) is 5.50. The van der Waals surface area contributed by atoms with Crippen LogP contribution in [0.5, 0.6) is 0 Å². The predicted molar refractivity (Wildman–Crippen MR) is 142 cm³/mol. The van der Waals surface area contributed by atoms with E-state index in [0.29, 0.717) is 0 Å². The summed E-state index contributed by atoms with van der Waals surface area (Å²) in [4.78, 5) is 2.28. The zero-order valence-electron chi connectivity index (χ0n) is 19.9. The van der Waals surface area contributed by atoms with Crippen LogP contribution in [0.25, 0.3) is 0 Å². The number of hydrogen-bond acceptors (Lipinski definition) is 3. The molecule has 0 saturated heterocycles. The molecule has 0 amide bonds. The second kappa shape index (κ2) is 10.2. The van der Waals surface area contributed by atoms with Crippen molar-refractivity contribution >= 4 is 29.0 Å². The molecule has 166 valence electrons. The Morgan fingerprint density at radius 2 is 1.03 bits per heavy atom. The molecule has 0 aromatic heterocycles. The van der Waals surface area contributed by atoms with Gasteiger partial charge in [-0.1, -0.05) is 66.6 Å². The molecule has 0 unspecified atom stereocenters. The van der Waals surface area contributed by atoms with Crippen molar-refractivity contribution in [3.8, 4) is 0 Å². The van der Waals surface area contributed by atoms with Crippen molar-refractivity contribution in [2.24, 2.45) is 5.10 Å². The average Bonchev–Trinajstić information content (AvgIpc) is 2.86. The molecule has 0 radical (unpaired) electrons. The van der Waals surface area contributed by atoms with Crippen LogP contribution in [0, 0.1) is 13.8 Å². The molecule has 4 aromatic rings. The lowest BCUT2D eigenvalue weighted by Gasteiger charge is -2.25. The van der Waals surface area contributed by atoms with Crippen molar-refractivity contribution in [3.05, 3.63) is 119 Å². The van der Waals surface area contributed by atoms with Gasteiger partial charge in [0, 0.05) is 24.1 Å². The van der Waals surface area contributed by atoms with Crippen molar-refractivity contribution < 1.29 is 0 Å². The van der Waals surface area contributed by atoms with Gasteiger partial charge in [0.25, 0.3) is 0 Å². The minimum Gasteiger partial charge on any atom is -0.311 e. The minimum absolute atomic E-state index is 1.04. The molecule has 4 aromatic carbocycles. The van der Waals surface area contributed by atoms with Gasteiger partial charge in [0.05, 0.1) is 11.9 Å².